The summed E-state index contributed by atoms with van der Waals surface area (Å²) in [5.74, 6) is -2.45. The maximum atomic E-state index is 10.00. The zero-order chi connectivity index (χ0) is 27.7. The van der Waals surface area contributed by atoms with E-state index in [0.29, 0.717) is 66.1 Å². The third kappa shape index (κ3) is 45.5. The van der Waals surface area contributed by atoms with E-state index in [9.17, 15) is 19.8 Å². The van der Waals surface area contributed by atoms with Crippen LogP contribution in [0, 0.1) is 0 Å². The van der Waals surface area contributed by atoms with E-state index in [1.165, 1.54) is 0 Å². The Kier molecular flexibility index (Phi) is 29.5. The molecule has 0 atom stereocenters. The van der Waals surface area contributed by atoms with Gasteiger partial charge in [0.25, 0.3) is 0 Å². The van der Waals surface area contributed by atoms with Crippen LogP contribution >= 0.6 is 0 Å². The van der Waals surface area contributed by atoms with Crippen LogP contribution in [0.2, 0.25) is 0 Å². The number of aliphatic carboxylic acids is 2. The van der Waals surface area contributed by atoms with Crippen molar-refractivity contribution in [3.63, 3.8) is 0 Å². The molecule has 0 saturated heterocycles. The first kappa shape index (κ1) is 40.7. The molecule has 0 rings (SSSR count). The Labute approximate surface area is 234 Å². The van der Waals surface area contributed by atoms with Crippen molar-refractivity contribution >= 4 is 11.9 Å². The monoisotopic (exact) mass is 590 g/mol. The smallest absolute Gasteiger partial charge is 0.548 e. The molecule has 0 bridgehead atoms. The van der Waals surface area contributed by atoms with Gasteiger partial charge in [-0.2, -0.15) is 0 Å². The van der Waals surface area contributed by atoms with Crippen molar-refractivity contribution in [3.05, 3.63) is 0 Å². The van der Waals surface area contributed by atoms with Crippen LogP contribution in [0.15, 0.2) is 0 Å². The quantitative estimate of drug-likeness (QED) is 0.114. The largest absolute Gasteiger partial charge is 2.00 e. The Morgan fingerprint density at radius 2 is 0.676 bits per heavy atom. The van der Waals surface area contributed by atoms with E-state index in [-0.39, 0.29) is 43.9 Å². The zero-order valence-corrected chi connectivity index (χ0v) is 26.5. The minimum absolute atomic E-state index is 0. The molecule has 0 fully saturated rings. The molecule has 13 heteroatoms. The summed E-state index contributed by atoms with van der Waals surface area (Å²) in [6.45, 7) is 16.3. The predicted molar refractivity (Wildman–Crippen MR) is 126 cm³/mol. The van der Waals surface area contributed by atoms with Crippen LogP contribution in [0.25, 0.3) is 0 Å². The van der Waals surface area contributed by atoms with Gasteiger partial charge in [-0.25, -0.2) is 0 Å². The Hall–Kier alpha value is -0.757. The predicted octanol–water partition coefficient (Wildman–Crippen LogP) is -0.800. The fourth-order valence-corrected chi connectivity index (χ4v) is 2.00. The summed E-state index contributed by atoms with van der Waals surface area (Å²) in [7, 11) is 0. The van der Waals surface area contributed by atoms with Crippen LogP contribution in [0.3, 0.4) is 0 Å². The van der Waals surface area contributed by atoms with Gasteiger partial charge in [0.15, 0.2) is 0 Å². The van der Waals surface area contributed by atoms with Crippen molar-refractivity contribution in [2.24, 2.45) is 0 Å². The van der Waals surface area contributed by atoms with E-state index < -0.39 is 25.2 Å². The molecule has 0 unspecified atom stereocenters. The van der Waals surface area contributed by atoms with Gasteiger partial charge in [0.2, 0.25) is 0 Å². The average Bonchev–Trinajstić information content (AvgIpc) is 2.74. The van der Waals surface area contributed by atoms with Crippen LogP contribution in [0.4, 0.5) is 0 Å². The Balaban J connectivity index is -0.000000608. The maximum absolute atomic E-state index is 10.00. The van der Waals surface area contributed by atoms with Gasteiger partial charge in [-0.15, -0.1) is 0 Å². The molecule has 0 radical (unpaired) electrons. The molecule has 37 heavy (non-hydrogen) atoms. The van der Waals surface area contributed by atoms with Gasteiger partial charge in [-0.1, -0.05) is 0 Å². The molecule has 0 aromatic heterocycles. The molecule has 0 aromatic carbocycles. The molecule has 0 aliphatic heterocycles. The van der Waals surface area contributed by atoms with Crippen molar-refractivity contribution in [1.29, 1.82) is 0 Å². The number of ether oxygens (including phenoxy) is 8. The second kappa shape index (κ2) is 26.8. The molecular formula is C24H46O12Zn. The molecule has 0 heterocycles. The van der Waals surface area contributed by atoms with Crippen molar-refractivity contribution in [2.45, 2.75) is 52.7 Å². The van der Waals surface area contributed by atoms with E-state index in [1.54, 1.807) is 0 Å². The standard InChI is InChI=1S/2C12H24O6.Zn/c2*1-12(2,3)18-9-8-16-5-4-15-6-7-17-10-11(13)14;/h2*4-10H2,1-3H3,(H,13,14);/q;;+2/p-2. The molecule has 0 amide bonds. The first-order chi connectivity index (χ1) is 16.8. The van der Waals surface area contributed by atoms with Gasteiger partial charge in [-0.3, -0.25) is 0 Å². The van der Waals surface area contributed by atoms with Crippen molar-refractivity contribution < 1.29 is 77.2 Å². The normalized spacial score (nSPS) is 11.4. The van der Waals surface area contributed by atoms with E-state index in [0.717, 1.165) is 0 Å². The van der Waals surface area contributed by atoms with Gasteiger partial charge in [0.05, 0.1) is 116 Å². The number of carbonyl (C=O) groups is 2. The molecule has 0 aliphatic rings. The fraction of sp³-hybridized carbons (Fsp3) is 0.917. The first-order valence-corrected chi connectivity index (χ1v) is 12.0. The molecule has 0 saturated carbocycles. The van der Waals surface area contributed by atoms with Crippen LogP contribution in [0.1, 0.15) is 41.5 Å². The Morgan fingerprint density at radius 3 is 0.892 bits per heavy atom. The zero-order valence-electron chi connectivity index (χ0n) is 23.5. The number of carboxylic acid groups (broad SMARTS) is 2. The molecule has 0 spiro atoms. The molecule has 216 valence electrons. The molecule has 0 N–H and O–H groups in total. The number of carboxylic acids is 2. The number of hydrogen-bond donors (Lipinski definition) is 0. The summed E-state index contributed by atoms with van der Waals surface area (Å²) in [6.07, 6.45) is 0. The van der Waals surface area contributed by atoms with Gasteiger partial charge >= 0.3 is 19.5 Å². The Bertz CT molecular complexity index is 475. The number of rotatable bonds is 22. The summed E-state index contributed by atoms with van der Waals surface area (Å²) < 4.78 is 41.3. The molecular weight excluding hydrogens is 546 g/mol. The van der Waals surface area contributed by atoms with Crippen molar-refractivity contribution in [3.8, 4) is 0 Å². The number of carbonyl (C=O) groups excluding carboxylic acids is 2. The third-order valence-electron chi connectivity index (χ3n) is 3.45. The van der Waals surface area contributed by atoms with Crippen LogP contribution in [-0.4, -0.2) is 116 Å². The van der Waals surface area contributed by atoms with Gasteiger partial charge in [-0.05, 0) is 41.5 Å². The molecule has 0 aromatic rings. The van der Waals surface area contributed by atoms with E-state index in [4.69, 9.17) is 37.9 Å². The van der Waals surface area contributed by atoms with Crippen LogP contribution in [-0.2, 0) is 67.0 Å². The average molecular weight is 592 g/mol. The minimum atomic E-state index is -1.22. The summed E-state index contributed by atoms with van der Waals surface area (Å²) in [4.78, 5) is 20.0. The van der Waals surface area contributed by atoms with E-state index in [2.05, 4.69) is 0 Å². The maximum Gasteiger partial charge on any atom is 2.00 e. The van der Waals surface area contributed by atoms with E-state index in [1.807, 2.05) is 41.5 Å². The van der Waals surface area contributed by atoms with E-state index >= 15 is 0 Å². The van der Waals surface area contributed by atoms with Crippen molar-refractivity contribution in [1.82, 2.24) is 0 Å². The minimum Gasteiger partial charge on any atom is -0.548 e. The summed E-state index contributed by atoms with van der Waals surface area (Å²) >= 11 is 0. The van der Waals surface area contributed by atoms with Gasteiger partial charge in [0.1, 0.15) is 0 Å². The molecule has 12 nitrogen and oxygen atoms in total. The third-order valence-corrected chi connectivity index (χ3v) is 3.45. The van der Waals surface area contributed by atoms with Crippen LogP contribution in [0.5, 0.6) is 0 Å². The van der Waals surface area contributed by atoms with Crippen molar-refractivity contribution in [2.75, 3.05) is 92.5 Å². The topological polar surface area (TPSA) is 154 Å². The summed E-state index contributed by atoms with van der Waals surface area (Å²) in [6, 6.07) is 0. The summed E-state index contributed by atoms with van der Waals surface area (Å²) in [5.41, 5.74) is -0.285. The Morgan fingerprint density at radius 1 is 0.459 bits per heavy atom. The number of hydrogen-bond acceptors (Lipinski definition) is 12. The van der Waals surface area contributed by atoms with Gasteiger partial charge < -0.3 is 57.7 Å². The second-order valence-electron chi connectivity index (χ2n) is 9.22. The van der Waals surface area contributed by atoms with Gasteiger partial charge in [0, 0.05) is 0 Å². The SMILES string of the molecule is CC(C)(C)OCCOCCOCCOCC(=O)[O-].CC(C)(C)OCCOCCOCCOCC(=O)[O-].[Zn+2]. The molecule has 0 aliphatic carbocycles. The second-order valence-corrected chi connectivity index (χ2v) is 9.22. The fourth-order valence-electron chi connectivity index (χ4n) is 2.00. The summed E-state index contributed by atoms with van der Waals surface area (Å²) in [5, 5.41) is 20.0. The first-order valence-electron chi connectivity index (χ1n) is 12.0. The van der Waals surface area contributed by atoms with Crippen LogP contribution < -0.4 is 10.2 Å².